The summed E-state index contributed by atoms with van der Waals surface area (Å²) in [5, 5.41) is 4.62. The second-order valence-corrected chi connectivity index (χ2v) is 5.14. The topological polar surface area (TPSA) is 79.9 Å². The third-order valence-electron chi connectivity index (χ3n) is 3.54. The Balaban J connectivity index is 1.97. The van der Waals surface area contributed by atoms with Gasteiger partial charge in [0.1, 0.15) is 13.2 Å². The van der Waals surface area contributed by atoms with Crippen LogP contribution in [0, 0.1) is 0 Å². The number of ether oxygens (including phenoxy) is 2. The van der Waals surface area contributed by atoms with Crippen LogP contribution >= 0.6 is 0 Å². The molecule has 3 amide bonds. The Labute approximate surface area is 129 Å². The summed E-state index contributed by atoms with van der Waals surface area (Å²) in [7, 11) is 3.29. The summed E-state index contributed by atoms with van der Waals surface area (Å²) in [5.74, 6) is 1.11. The second-order valence-electron chi connectivity index (χ2n) is 5.14. The minimum atomic E-state index is -0.510. The molecule has 0 aromatic heterocycles. The standard InChI is InChI=1S/C15H21N3O4/c1-10(14(19)17-15(20)16-2)18(3)9-11-4-5-12-13(8-11)22-7-6-21-12/h4-5,8,10H,6-7,9H2,1-3H3,(H2,16,17,19,20)/t10-/m1/s1. The molecule has 120 valence electrons. The maximum atomic E-state index is 11.9. The Morgan fingerprint density at radius 3 is 2.64 bits per heavy atom. The zero-order valence-corrected chi connectivity index (χ0v) is 13.0. The number of nitrogens with zero attached hydrogens (tertiary/aromatic N) is 1. The van der Waals surface area contributed by atoms with Gasteiger partial charge in [0.15, 0.2) is 11.5 Å². The van der Waals surface area contributed by atoms with Crippen LogP contribution in [-0.2, 0) is 11.3 Å². The Morgan fingerprint density at radius 2 is 1.95 bits per heavy atom. The quantitative estimate of drug-likeness (QED) is 0.857. The van der Waals surface area contributed by atoms with Crippen LogP contribution in [0.3, 0.4) is 0 Å². The van der Waals surface area contributed by atoms with Gasteiger partial charge in [0.25, 0.3) is 0 Å². The Kier molecular flexibility index (Phi) is 5.21. The summed E-state index contributed by atoms with van der Waals surface area (Å²) in [6, 6.07) is 4.77. The van der Waals surface area contributed by atoms with Crippen molar-refractivity contribution in [3.63, 3.8) is 0 Å². The van der Waals surface area contributed by atoms with E-state index in [1.807, 2.05) is 30.1 Å². The smallest absolute Gasteiger partial charge is 0.321 e. The predicted molar refractivity (Wildman–Crippen MR) is 81.0 cm³/mol. The number of benzene rings is 1. The first-order chi connectivity index (χ1) is 10.5. The number of urea groups is 1. The molecule has 0 saturated heterocycles. The van der Waals surface area contributed by atoms with Crippen LogP contribution in [0.4, 0.5) is 4.79 Å². The van der Waals surface area contributed by atoms with Gasteiger partial charge in [-0.25, -0.2) is 4.79 Å². The number of hydrogen-bond donors (Lipinski definition) is 2. The molecule has 1 atom stereocenters. The van der Waals surface area contributed by atoms with Crippen molar-refractivity contribution in [3.05, 3.63) is 23.8 Å². The molecular weight excluding hydrogens is 286 g/mol. The van der Waals surface area contributed by atoms with Gasteiger partial charge in [-0.1, -0.05) is 6.07 Å². The molecule has 1 aromatic rings. The van der Waals surface area contributed by atoms with E-state index in [1.54, 1.807) is 6.92 Å². The normalized spacial score (nSPS) is 14.4. The molecule has 1 heterocycles. The summed E-state index contributed by atoms with van der Waals surface area (Å²) >= 11 is 0. The van der Waals surface area contributed by atoms with Crippen LogP contribution in [0.15, 0.2) is 18.2 Å². The van der Waals surface area contributed by atoms with Gasteiger partial charge in [-0.3, -0.25) is 15.0 Å². The first kappa shape index (κ1) is 16.1. The van der Waals surface area contributed by atoms with Crippen molar-refractivity contribution < 1.29 is 19.1 Å². The van der Waals surface area contributed by atoms with Crippen LogP contribution in [0.2, 0.25) is 0 Å². The van der Waals surface area contributed by atoms with E-state index in [0.29, 0.717) is 19.8 Å². The summed E-state index contributed by atoms with van der Waals surface area (Å²) in [6.07, 6.45) is 0. The van der Waals surface area contributed by atoms with Gasteiger partial charge in [0.05, 0.1) is 6.04 Å². The third kappa shape index (κ3) is 3.88. The zero-order valence-electron chi connectivity index (χ0n) is 13.0. The number of hydrogen-bond acceptors (Lipinski definition) is 5. The number of nitrogens with one attached hydrogen (secondary N) is 2. The minimum absolute atomic E-state index is 0.348. The van der Waals surface area contributed by atoms with Crippen LogP contribution in [-0.4, -0.2) is 50.2 Å². The lowest BCUT2D eigenvalue weighted by molar-refractivity contribution is -0.124. The number of imide groups is 1. The lowest BCUT2D eigenvalue weighted by atomic mass is 10.1. The Bertz CT molecular complexity index is 562. The van der Waals surface area contributed by atoms with Gasteiger partial charge in [0.2, 0.25) is 5.91 Å². The first-order valence-corrected chi connectivity index (χ1v) is 7.12. The van der Waals surface area contributed by atoms with Crippen LogP contribution in [0.25, 0.3) is 0 Å². The van der Waals surface area contributed by atoms with Gasteiger partial charge in [-0.2, -0.15) is 0 Å². The maximum absolute atomic E-state index is 11.9. The van der Waals surface area contributed by atoms with E-state index in [1.165, 1.54) is 7.05 Å². The molecular formula is C15H21N3O4. The molecule has 0 saturated carbocycles. The van der Waals surface area contributed by atoms with Crippen molar-refractivity contribution in [1.29, 1.82) is 0 Å². The molecule has 2 rings (SSSR count). The van der Waals surface area contributed by atoms with Crippen LogP contribution < -0.4 is 20.1 Å². The fraction of sp³-hybridized carbons (Fsp3) is 0.467. The molecule has 0 bridgehead atoms. The van der Waals surface area contributed by atoms with Crippen molar-refractivity contribution >= 4 is 11.9 Å². The van der Waals surface area contributed by atoms with Gasteiger partial charge in [0, 0.05) is 13.6 Å². The SMILES string of the molecule is CNC(=O)NC(=O)[C@@H](C)N(C)Cc1ccc2c(c1)OCCO2. The molecule has 0 fully saturated rings. The molecule has 7 nitrogen and oxygen atoms in total. The van der Waals surface area contributed by atoms with Crippen molar-refractivity contribution in [1.82, 2.24) is 15.5 Å². The largest absolute Gasteiger partial charge is 0.486 e. The highest BCUT2D eigenvalue weighted by molar-refractivity contribution is 5.96. The molecule has 0 spiro atoms. The molecule has 0 aliphatic carbocycles. The lowest BCUT2D eigenvalue weighted by Crippen LogP contribution is -2.47. The van der Waals surface area contributed by atoms with Gasteiger partial charge >= 0.3 is 6.03 Å². The Hall–Kier alpha value is -2.28. The molecule has 1 aliphatic rings. The maximum Gasteiger partial charge on any atom is 0.321 e. The van der Waals surface area contributed by atoms with Crippen LogP contribution in [0.5, 0.6) is 11.5 Å². The zero-order chi connectivity index (χ0) is 16.1. The second kappa shape index (κ2) is 7.13. The van der Waals surface area contributed by atoms with E-state index in [0.717, 1.165) is 17.1 Å². The third-order valence-corrected chi connectivity index (χ3v) is 3.54. The lowest BCUT2D eigenvalue weighted by Gasteiger charge is -2.24. The highest BCUT2D eigenvalue weighted by Crippen LogP contribution is 2.31. The molecule has 0 radical (unpaired) electrons. The summed E-state index contributed by atoms with van der Waals surface area (Å²) in [4.78, 5) is 24.9. The Morgan fingerprint density at radius 1 is 1.27 bits per heavy atom. The van der Waals surface area contributed by atoms with Crippen molar-refractivity contribution in [2.45, 2.75) is 19.5 Å². The molecule has 2 N–H and O–H groups in total. The predicted octanol–water partition coefficient (Wildman–Crippen LogP) is 0.734. The van der Waals surface area contributed by atoms with E-state index in [4.69, 9.17) is 9.47 Å². The molecule has 1 aliphatic heterocycles. The molecule has 0 unspecified atom stereocenters. The van der Waals surface area contributed by atoms with Crippen molar-refractivity contribution in [2.75, 3.05) is 27.3 Å². The molecule has 1 aromatic carbocycles. The number of likely N-dealkylation sites (N-methyl/N-ethyl adjacent to an activating group) is 1. The monoisotopic (exact) mass is 307 g/mol. The number of amides is 3. The van der Waals surface area contributed by atoms with Crippen molar-refractivity contribution in [2.24, 2.45) is 0 Å². The average Bonchev–Trinajstić information content (AvgIpc) is 2.53. The number of rotatable bonds is 4. The van der Waals surface area contributed by atoms with Gasteiger partial charge in [-0.05, 0) is 31.7 Å². The number of carbonyl (C=O) groups is 2. The van der Waals surface area contributed by atoms with E-state index in [2.05, 4.69) is 10.6 Å². The van der Waals surface area contributed by atoms with E-state index in [-0.39, 0.29) is 5.91 Å². The van der Waals surface area contributed by atoms with E-state index < -0.39 is 12.1 Å². The molecule has 7 heteroatoms. The van der Waals surface area contributed by atoms with E-state index >= 15 is 0 Å². The number of fused-ring (bicyclic) bond motifs is 1. The van der Waals surface area contributed by atoms with Crippen LogP contribution in [0.1, 0.15) is 12.5 Å². The summed E-state index contributed by atoms with van der Waals surface area (Å²) in [5.41, 5.74) is 1.01. The molecule has 22 heavy (non-hydrogen) atoms. The first-order valence-electron chi connectivity index (χ1n) is 7.12. The van der Waals surface area contributed by atoms with Gasteiger partial charge < -0.3 is 14.8 Å². The fourth-order valence-electron chi connectivity index (χ4n) is 2.09. The highest BCUT2D eigenvalue weighted by atomic mass is 16.6. The average molecular weight is 307 g/mol. The van der Waals surface area contributed by atoms with Crippen molar-refractivity contribution in [3.8, 4) is 11.5 Å². The summed E-state index contributed by atoms with van der Waals surface area (Å²) < 4.78 is 11.0. The fourth-order valence-corrected chi connectivity index (χ4v) is 2.09. The minimum Gasteiger partial charge on any atom is -0.486 e. The van der Waals surface area contributed by atoms with E-state index in [9.17, 15) is 9.59 Å². The van der Waals surface area contributed by atoms with Gasteiger partial charge in [-0.15, -0.1) is 0 Å². The summed E-state index contributed by atoms with van der Waals surface area (Å²) in [6.45, 7) is 3.40. The number of carbonyl (C=O) groups excluding carboxylic acids is 2. The highest BCUT2D eigenvalue weighted by Gasteiger charge is 2.20.